The van der Waals surface area contributed by atoms with Gasteiger partial charge in [-0.1, -0.05) is 47.5 Å². The molecule has 1 atom stereocenters. The fraction of sp³-hybridized carbons (Fsp3) is 0.381. The molecule has 2 aromatic rings. The highest BCUT2D eigenvalue weighted by atomic mass is 35.5. The molecule has 5 rings (SSSR count). The number of benzene rings is 2. The summed E-state index contributed by atoms with van der Waals surface area (Å²) >= 11 is 12.4. The molecule has 0 radical (unpaired) electrons. The molecule has 6 heteroatoms. The molecule has 0 aromatic heterocycles. The molecule has 1 spiro atoms. The van der Waals surface area contributed by atoms with Gasteiger partial charge in [0.2, 0.25) is 5.72 Å². The average molecular weight is 402 g/mol. The van der Waals surface area contributed by atoms with Crippen LogP contribution in [0, 0.1) is 0 Å². The summed E-state index contributed by atoms with van der Waals surface area (Å²) in [4.78, 5) is 2.35. The Morgan fingerprint density at radius 3 is 2.63 bits per heavy atom. The van der Waals surface area contributed by atoms with Gasteiger partial charge in [-0.3, -0.25) is 0 Å². The number of likely N-dealkylation sites (tertiary alicyclic amines) is 1. The normalized spacial score (nSPS) is 23.6. The van der Waals surface area contributed by atoms with Crippen LogP contribution >= 0.6 is 23.2 Å². The smallest absolute Gasteiger partial charge is 0.200 e. The first-order valence-electron chi connectivity index (χ1n) is 9.34. The number of rotatable bonds is 1. The minimum atomic E-state index is -0.372. The Labute approximate surface area is 169 Å². The summed E-state index contributed by atoms with van der Waals surface area (Å²) in [6.07, 6.45) is 2.72. The van der Waals surface area contributed by atoms with Crippen LogP contribution < -0.4 is 4.74 Å². The van der Waals surface area contributed by atoms with Crippen LogP contribution in [0.15, 0.2) is 47.6 Å². The number of hydrogen-bond acceptors (Lipinski definition) is 4. The van der Waals surface area contributed by atoms with Gasteiger partial charge in [0, 0.05) is 37.9 Å². The van der Waals surface area contributed by atoms with Crippen LogP contribution in [-0.4, -0.2) is 41.5 Å². The highest BCUT2D eigenvalue weighted by Crippen LogP contribution is 2.49. The first kappa shape index (κ1) is 17.4. The lowest BCUT2D eigenvalue weighted by Crippen LogP contribution is -2.58. The van der Waals surface area contributed by atoms with Crippen molar-refractivity contribution in [2.75, 3.05) is 20.1 Å². The molecule has 4 nitrogen and oxygen atoms in total. The Bertz CT molecular complexity index is 921. The van der Waals surface area contributed by atoms with Gasteiger partial charge in [0.15, 0.2) is 0 Å². The Hall–Kier alpha value is -1.75. The van der Waals surface area contributed by atoms with Crippen LogP contribution in [0.3, 0.4) is 0 Å². The molecular weight excluding hydrogens is 381 g/mol. The van der Waals surface area contributed by atoms with E-state index in [0.29, 0.717) is 10.0 Å². The van der Waals surface area contributed by atoms with E-state index in [9.17, 15) is 0 Å². The summed E-state index contributed by atoms with van der Waals surface area (Å²) in [7, 11) is 2.16. The second-order valence-corrected chi connectivity index (χ2v) is 8.44. The molecule has 0 aliphatic carbocycles. The predicted octanol–water partition coefficient (Wildman–Crippen LogP) is 4.96. The molecule has 1 saturated heterocycles. The van der Waals surface area contributed by atoms with E-state index in [2.05, 4.69) is 35.2 Å². The molecule has 27 heavy (non-hydrogen) atoms. The molecule has 0 saturated carbocycles. The van der Waals surface area contributed by atoms with E-state index >= 15 is 0 Å². The Morgan fingerprint density at radius 1 is 1.07 bits per heavy atom. The van der Waals surface area contributed by atoms with Crippen LogP contribution in [0.4, 0.5) is 0 Å². The lowest BCUT2D eigenvalue weighted by atomic mass is 9.91. The zero-order valence-electron chi connectivity index (χ0n) is 15.2. The van der Waals surface area contributed by atoms with Crippen molar-refractivity contribution in [3.63, 3.8) is 0 Å². The monoisotopic (exact) mass is 401 g/mol. The maximum absolute atomic E-state index is 6.59. The van der Waals surface area contributed by atoms with Crippen molar-refractivity contribution in [2.45, 2.75) is 31.0 Å². The van der Waals surface area contributed by atoms with Gasteiger partial charge in [-0.25, -0.2) is 5.01 Å². The van der Waals surface area contributed by atoms with E-state index in [1.165, 1.54) is 5.56 Å². The molecule has 0 N–H and O–H groups in total. The number of halogens is 2. The third kappa shape index (κ3) is 2.82. The Kier molecular flexibility index (Phi) is 4.12. The standard InChI is InChI=1S/C21H21Cl2N3O/c1-25-10-8-21(9-11-25)26-19(15-4-2-3-5-20(15)27-21)13-18(24-26)14-6-7-16(22)17(23)12-14/h2-7,12,19H,8-11,13H2,1H3/t19-/m1/s1. The Balaban J connectivity index is 1.58. The molecule has 1 fully saturated rings. The first-order chi connectivity index (χ1) is 13.1. The van der Waals surface area contributed by atoms with Crippen molar-refractivity contribution in [2.24, 2.45) is 5.10 Å². The summed E-state index contributed by atoms with van der Waals surface area (Å²) < 4.78 is 6.59. The first-order valence-corrected chi connectivity index (χ1v) is 10.1. The molecule has 2 aromatic carbocycles. The average Bonchev–Trinajstić information content (AvgIpc) is 3.13. The van der Waals surface area contributed by atoms with E-state index in [4.69, 9.17) is 33.0 Å². The number of fused-ring (bicyclic) bond motifs is 4. The van der Waals surface area contributed by atoms with E-state index < -0.39 is 0 Å². The van der Waals surface area contributed by atoms with Crippen LogP contribution in [0.2, 0.25) is 10.0 Å². The summed E-state index contributed by atoms with van der Waals surface area (Å²) in [6.45, 7) is 2.01. The quantitative estimate of drug-likeness (QED) is 0.675. The lowest BCUT2D eigenvalue weighted by molar-refractivity contribution is -0.147. The minimum absolute atomic E-state index is 0.197. The topological polar surface area (TPSA) is 28.1 Å². The number of hydrazone groups is 1. The molecule has 3 aliphatic heterocycles. The predicted molar refractivity (Wildman–Crippen MR) is 109 cm³/mol. The SMILES string of the molecule is CN1CCC2(CC1)Oc1ccccc1[C@H]1CC(c3ccc(Cl)c(Cl)c3)=NN12. The zero-order chi connectivity index (χ0) is 18.6. The number of para-hydroxylation sites is 1. The van der Waals surface area contributed by atoms with Crippen molar-refractivity contribution >= 4 is 28.9 Å². The molecule has 0 bridgehead atoms. The summed E-state index contributed by atoms with van der Waals surface area (Å²) in [5, 5.41) is 8.41. The third-order valence-electron chi connectivity index (χ3n) is 5.93. The third-order valence-corrected chi connectivity index (χ3v) is 6.67. The molecule has 0 amide bonds. The molecular formula is C21H21Cl2N3O. The largest absolute Gasteiger partial charge is 0.466 e. The second-order valence-electron chi connectivity index (χ2n) is 7.63. The van der Waals surface area contributed by atoms with Crippen LogP contribution in [0.1, 0.15) is 36.4 Å². The number of nitrogens with zero attached hydrogens (tertiary/aromatic N) is 3. The number of ether oxygens (including phenoxy) is 1. The van der Waals surface area contributed by atoms with Crippen molar-refractivity contribution in [1.82, 2.24) is 9.91 Å². The Morgan fingerprint density at radius 2 is 1.85 bits per heavy atom. The van der Waals surface area contributed by atoms with E-state index in [1.807, 2.05) is 24.3 Å². The van der Waals surface area contributed by atoms with Gasteiger partial charge in [-0.15, -0.1) is 0 Å². The highest BCUT2D eigenvalue weighted by molar-refractivity contribution is 6.42. The van der Waals surface area contributed by atoms with Crippen molar-refractivity contribution in [1.29, 1.82) is 0 Å². The molecule has 0 unspecified atom stereocenters. The van der Waals surface area contributed by atoms with Crippen LogP contribution in [0.25, 0.3) is 0 Å². The van der Waals surface area contributed by atoms with Crippen molar-refractivity contribution in [3.8, 4) is 5.75 Å². The van der Waals surface area contributed by atoms with Gasteiger partial charge >= 0.3 is 0 Å². The van der Waals surface area contributed by atoms with E-state index in [0.717, 1.165) is 49.4 Å². The summed E-state index contributed by atoms with van der Waals surface area (Å²) in [6, 6.07) is 14.3. The molecule has 3 aliphatic rings. The van der Waals surface area contributed by atoms with Gasteiger partial charge < -0.3 is 9.64 Å². The molecule has 140 valence electrons. The minimum Gasteiger partial charge on any atom is -0.466 e. The van der Waals surface area contributed by atoms with Crippen LogP contribution in [-0.2, 0) is 0 Å². The van der Waals surface area contributed by atoms with Gasteiger partial charge in [-0.05, 0) is 30.8 Å². The number of hydrogen-bond donors (Lipinski definition) is 0. The fourth-order valence-electron chi connectivity index (χ4n) is 4.38. The number of piperidine rings is 1. The van der Waals surface area contributed by atoms with E-state index in [1.54, 1.807) is 0 Å². The second kappa shape index (κ2) is 6.40. The summed E-state index contributed by atoms with van der Waals surface area (Å²) in [5.41, 5.74) is 2.90. The van der Waals surface area contributed by atoms with Crippen molar-refractivity contribution in [3.05, 3.63) is 63.6 Å². The summed E-state index contributed by atoms with van der Waals surface area (Å²) in [5.74, 6) is 0.994. The maximum Gasteiger partial charge on any atom is 0.200 e. The van der Waals surface area contributed by atoms with Gasteiger partial charge in [0.1, 0.15) is 5.75 Å². The lowest BCUT2D eigenvalue weighted by Gasteiger charge is -2.50. The maximum atomic E-state index is 6.59. The van der Waals surface area contributed by atoms with E-state index in [-0.39, 0.29) is 11.8 Å². The van der Waals surface area contributed by atoms with Crippen molar-refractivity contribution < 1.29 is 4.74 Å². The fourth-order valence-corrected chi connectivity index (χ4v) is 4.68. The van der Waals surface area contributed by atoms with Gasteiger partial charge in [0.05, 0.1) is 21.8 Å². The van der Waals surface area contributed by atoms with Crippen LogP contribution in [0.5, 0.6) is 5.75 Å². The van der Waals surface area contributed by atoms with Gasteiger partial charge in [0.25, 0.3) is 0 Å². The molecule has 3 heterocycles. The van der Waals surface area contributed by atoms with Gasteiger partial charge in [-0.2, -0.15) is 5.10 Å². The highest BCUT2D eigenvalue weighted by Gasteiger charge is 2.51. The zero-order valence-corrected chi connectivity index (χ0v) is 16.7.